The molecule has 0 heterocycles. The predicted octanol–water partition coefficient (Wildman–Crippen LogP) is 3.27. The fourth-order valence-corrected chi connectivity index (χ4v) is 1.68. The number of Topliss-reactive ketones (excluding diaryl/α,β-unsaturated/α-hetero) is 1. The van der Waals surface area contributed by atoms with Crippen molar-refractivity contribution in [1.82, 2.24) is 0 Å². The van der Waals surface area contributed by atoms with Crippen LogP contribution in [-0.2, 0) is 4.79 Å². The van der Waals surface area contributed by atoms with Gasteiger partial charge in [0.2, 0.25) is 0 Å². The molecule has 0 unspecified atom stereocenters. The van der Waals surface area contributed by atoms with Gasteiger partial charge < -0.3 is 0 Å². The number of carbonyl (C=O) groups excluding carboxylic acids is 1. The Hall–Kier alpha value is -0.850. The fraction of sp³-hybridized carbons (Fsp3) is 0.583. The second kappa shape index (κ2) is 3.91. The van der Waals surface area contributed by atoms with Crippen LogP contribution >= 0.6 is 0 Å². The molecule has 0 radical (unpaired) electrons. The molecule has 0 spiro atoms. The van der Waals surface area contributed by atoms with Crippen molar-refractivity contribution in [3.63, 3.8) is 0 Å². The van der Waals surface area contributed by atoms with Crippen LogP contribution in [0.15, 0.2) is 23.8 Å². The highest BCUT2D eigenvalue weighted by Gasteiger charge is 2.21. The second-order valence-corrected chi connectivity index (χ2v) is 4.30. The Kier molecular flexibility index (Phi) is 3.07. The van der Waals surface area contributed by atoms with Crippen molar-refractivity contribution >= 4 is 5.78 Å². The molecule has 0 aliphatic heterocycles. The van der Waals surface area contributed by atoms with Gasteiger partial charge in [-0.2, -0.15) is 0 Å². The lowest BCUT2D eigenvalue weighted by molar-refractivity contribution is -0.116. The molecule has 0 bridgehead atoms. The topological polar surface area (TPSA) is 17.1 Å². The van der Waals surface area contributed by atoms with E-state index in [1.165, 1.54) is 5.57 Å². The van der Waals surface area contributed by atoms with Crippen LogP contribution in [0, 0.1) is 5.41 Å². The van der Waals surface area contributed by atoms with Gasteiger partial charge in [0.15, 0.2) is 0 Å². The molecule has 13 heavy (non-hydrogen) atoms. The van der Waals surface area contributed by atoms with Gasteiger partial charge in [0, 0.05) is 11.8 Å². The third-order valence-corrected chi connectivity index (χ3v) is 2.58. The maximum atomic E-state index is 10.8. The Morgan fingerprint density at radius 1 is 1.62 bits per heavy atom. The van der Waals surface area contributed by atoms with Crippen LogP contribution < -0.4 is 0 Å². The van der Waals surface area contributed by atoms with Gasteiger partial charge in [-0.25, -0.2) is 0 Å². The largest absolute Gasteiger partial charge is 0.300 e. The van der Waals surface area contributed by atoms with E-state index in [2.05, 4.69) is 32.1 Å². The van der Waals surface area contributed by atoms with Crippen molar-refractivity contribution in [1.29, 1.82) is 0 Å². The van der Waals surface area contributed by atoms with E-state index in [0.717, 1.165) is 12.8 Å². The van der Waals surface area contributed by atoms with E-state index in [4.69, 9.17) is 0 Å². The summed E-state index contributed by atoms with van der Waals surface area (Å²) in [6.45, 7) is 6.05. The third-order valence-electron chi connectivity index (χ3n) is 2.58. The molecule has 72 valence electrons. The van der Waals surface area contributed by atoms with Crippen molar-refractivity contribution in [2.24, 2.45) is 5.41 Å². The summed E-state index contributed by atoms with van der Waals surface area (Å²) in [4.78, 5) is 10.8. The van der Waals surface area contributed by atoms with Crippen LogP contribution in [0.3, 0.4) is 0 Å². The van der Waals surface area contributed by atoms with E-state index < -0.39 is 0 Å². The molecular weight excluding hydrogens is 160 g/mol. The third kappa shape index (κ3) is 2.83. The lowest BCUT2D eigenvalue weighted by Crippen LogP contribution is -2.14. The van der Waals surface area contributed by atoms with Crippen molar-refractivity contribution in [3.8, 4) is 0 Å². The highest BCUT2D eigenvalue weighted by Crippen LogP contribution is 2.35. The molecule has 0 fully saturated rings. The smallest absolute Gasteiger partial charge is 0.133 e. The van der Waals surface area contributed by atoms with Crippen LogP contribution in [0.25, 0.3) is 0 Å². The van der Waals surface area contributed by atoms with Crippen LogP contribution in [0.1, 0.15) is 40.0 Å². The van der Waals surface area contributed by atoms with Gasteiger partial charge >= 0.3 is 0 Å². The van der Waals surface area contributed by atoms with E-state index in [-0.39, 0.29) is 11.2 Å². The van der Waals surface area contributed by atoms with Crippen molar-refractivity contribution in [3.05, 3.63) is 23.8 Å². The van der Waals surface area contributed by atoms with Gasteiger partial charge in [0.1, 0.15) is 5.78 Å². The van der Waals surface area contributed by atoms with E-state index in [0.29, 0.717) is 6.42 Å². The highest BCUT2D eigenvalue weighted by molar-refractivity contribution is 5.77. The van der Waals surface area contributed by atoms with Crippen molar-refractivity contribution in [2.45, 2.75) is 40.0 Å². The minimum Gasteiger partial charge on any atom is -0.300 e. The molecule has 0 saturated carbocycles. The van der Waals surface area contributed by atoms with Gasteiger partial charge in [-0.3, -0.25) is 4.79 Å². The van der Waals surface area contributed by atoms with E-state index in [1.54, 1.807) is 6.92 Å². The fourth-order valence-electron chi connectivity index (χ4n) is 1.68. The van der Waals surface area contributed by atoms with E-state index in [1.807, 2.05) is 0 Å². The molecule has 1 aliphatic rings. The summed E-state index contributed by atoms with van der Waals surface area (Å²) in [6.07, 6.45) is 9.38. The molecule has 1 aliphatic carbocycles. The average molecular weight is 178 g/mol. The zero-order valence-electron chi connectivity index (χ0n) is 8.76. The maximum Gasteiger partial charge on any atom is 0.133 e. The number of carbonyl (C=O) groups is 1. The molecule has 0 saturated heterocycles. The van der Waals surface area contributed by atoms with Gasteiger partial charge in [-0.05, 0) is 19.8 Å². The SMILES string of the molecule is CC(=O)CC=C1CCC=CC1(C)C. The van der Waals surface area contributed by atoms with Gasteiger partial charge in [0.25, 0.3) is 0 Å². The molecule has 0 N–H and O–H groups in total. The standard InChI is InChI=1S/C12H18O/c1-10(13)7-8-11-6-4-5-9-12(11,2)3/h5,8-9H,4,6-7H2,1-3H3. The lowest BCUT2D eigenvalue weighted by Gasteiger charge is -2.28. The molecule has 0 atom stereocenters. The Morgan fingerprint density at radius 3 is 2.85 bits per heavy atom. The van der Waals surface area contributed by atoms with Gasteiger partial charge in [0.05, 0.1) is 0 Å². The quantitative estimate of drug-likeness (QED) is 0.593. The maximum absolute atomic E-state index is 10.8. The first-order valence-electron chi connectivity index (χ1n) is 4.89. The van der Waals surface area contributed by atoms with E-state index >= 15 is 0 Å². The average Bonchev–Trinajstić information content (AvgIpc) is 2.01. The highest BCUT2D eigenvalue weighted by atomic mass is 16.1. The summed E-state index contributed by atoms with van der Waals surface area (Å²) in [5, 5.41) is 0. The van der Waals surface area contributed by atoms with Crippen LogP contribution in [-0.4, -0.2) is 5.78 Å². The lowest BCUT2D eigenvalue weighted by atomic mass is 9.77. The van der Waals surface area contributed by atoms with Crippen molar-refractivity contribution in [2.75, 3.05) is 0 Å². The Morgan fingerprint density at radius 2 is 2.31 bits per heavy atom. The number of hydrogen-bond acceptors (Lipinski definition) is 1. The number of hydrogen-bond donors (Lipinski definition) is 0. The summed E-state index contributed by atoms with van der Waals surface area (Å²) in [5.74, 6) is 0.248. The minimum atomic E-state index is 0.160. The Bertz CT molecular complexity index is 256. The summed E-state index contributed by atoms with van der Waals surface area (Å²) in [7, 11) is 0. The van der Waals surface area contributed by atoms with Gasteiger partial charge in [-0.1, -0.05) is 37.6 Å². The molecular formula is C12H18O. The molecule has 0 amide bonds. The number of rotatable bonds is 2. The molecule has 1 nitrogen and oxygen atoms in total. The molecule has 0 aromatic heterocycles. The normalized spacial score (nSPS) is 23.5. The van der Waals surface area contributed by atoms with Crippen LogP contribution in [0.4, 0.5) is 0 Å². The number of allylic oxidation sites excluding steroid dienone is 4. The van der Waals surface area contributed by atoms with Gasteiger partial charge in [-0.15, -0.1) is 0 Å². The van der Waals surface area contributed by atoms with Crippen LogP contribution in [0.2, 0.25) is 0 Å². The first kappa shape index (κ1) is 10.2. The number of ketones is 1. The van der Waals surface area contributed by atoms with Crippen molar-refractivity contribution < 1.29 is 4.79 Å². The minimum absolute atomic E-state index is 0.160. The monoisotopic (exact) mass is 178 g/mol. The molecule has 0 aromatic carbocycles. The first-order chi connectivity index (χ1) is 6.02. The van der Waals surface area contributed by atoms with E-state index in [9.17, 15) is 4.79 Å². The first-order valence-corrected chi connectivity index (χ1v) is 4.89. The zero-order chi connectivity index (χ0) is 9.90. The summed E-state index contributed by atoms with van der Waals surface area (Å²) in [6, 6.07) is 0. The molecule has 1 heteroatoms. The Labute approximate surface area is 80.5 Å². The molecule has 1 rings (SSSR count). The predicted molar refractivity (Wildman–Crippen MR) is 55.5 cm³/mol. The summed E-state index contributed by atoms with van der Waals surface area (Å²) < 4.78 is 0. The second-order valence-electron chi connectivity index (χ2n) is 4.30. The Balaban J connectivity index is 2.73. The summed E-state index contributed by atoms with van der Waals surface area (Å²) in [5.41, 5.74) is 1.57. The van der Waals surface area contributed by atoms with Crippen LogP contribution in [0.5, 0.6) is 0 Å². The zero-order valence-corrected chi connectivity index (χ0v) is 8.76. The molecule has 0 aromatic rings. The summed E-state index contributed by atoms with van der Waals surface area (Å²) >= 11 is 0.